The van der Waals surface area contributed by atoms with E-state index in [1.54, 1.807) is 13.1 Å². The van der Waals surface area contributed by atoms with Gasteiger partial charge in [0.05, 0.1) is 23.2 Å². The van der Waals surface area contributed by atoms with Crippen LogP contribution in [0.2, 0.25) is 0 Å². The zero-order valence-corrected chi connectivity index (χ0v) is 18.8. The molecule has 0 atom stereocenters. The molecule has 5 rings (SSSR count). The van der Waals surface area contributed by atoms with Gasteiger partial charge in [-0.05, 0) is 38.3 Å². The molecule has 2 aliphatic rings. The summed E-state index contributed by atoms with van der Waals surface area (Å²) in [5.41, 5.74) is 4.99. The molecule has 178 valence electrons. The summed E-state index contributed by atoms with van der Waals surface area (Å²) < 4.78 is 23.5. The number of nitrogen functional groups attached to an aromatic ring is 1. The molecule has 1 aromatic carbocycles. The first-order chi connectivity index (χ1) is 16.4. The minimum absolute atomic E-state index is 0.0693. The fourth-order valence-corrected chi connectivity index (χ4v) is 5.22. The highest BCUT2D eigenvalue weighted by molar-refractivity contribution is 6.04. The third kappa shape index (κ3) is 3.24. The number of pyridine rings is 2. The topological polar surface area (TPSA) is 132 Å². The van der Waals surface area contributed by atoms with Crippen LogP contribution in [0.25, 0.3) is 10.9 Å². The number of carbonyl (C=O) groups is 1. The van der Waals surface area contributed by atoms with Crippen LogP contribution in [0.3, 0.4) is 0 Å². The van der Waals surface area contributed by atoms with E-state index in [4.69, 9.17) is 10.5 Å². The summed E-state index contributed by atoms with van der Waals surface area (Å²) in [7, 11) is 0. The van der Waals surface area contributed by atoms with Gasteiger partial charge < -0.3 is 30.8 Å². The Morgan fingerprint density at radius 3 is 2.71 bits per heavy atom. The molecule has 5 N–H and O–H groups in total. The van der Waals surface area contributed by atoms with Crippen LogP contribution < -0.4 is 26.5 Å². The van der Waals surface area contributed by atoms with Crippen LogP contribution in [0.5, 0.6) is 5.75 Å². The third-order valence-electron chi connectivity index (χ3n) is 6.96. The van der Waals surface area contributed by atoms with E-state index in [1.807, 2.05) is 22.8 Å². The highest BCUT2D eigenvalue weighted by Crippen LogP contribution is 2.50. The molecule has 3 heterocycles. The molecule has 10 heteroatoms. The number of hydrogen-bond acceptors (Lipinski definition) is 7. The van der Waals surface area contributed by atoms with Gasteiger partial charge in [0.15, 0.2) is 11.6 Å². The second-order valence-electron chi connectivity index (χ2n) is 8.83. The van der Waals surface area contributed by atoms with Crippen LogP contribution in [-0.2, 0) is 5.54 Å². The summed E-state index contributed by atoms with van der Waals surface area (Å²) in [6.45, 7) is 2.72. The normalized spacial score (nSPS) is 15.9. The van der Waals surface area contributed by atoms with E-state index in [2.05, 4.69) is 15.6 Å². The number of carboxylic acids is 1. The Hall–Kier alpha value is -3.82. The molecule has 1 aliphatic heterocycles. The molecule has 0 unspecified atom stereocenters. The lowest BCUT2D eigenvalue weighted by Gasteiger charge is -2.45. The van der Waals surface area contributed by atoms with Gasteiger partial charge in [-0.2, -0.15) is 0 Å². The number of anilines is 3. The lowest BCUT2D eigenvalue weighted by Crippen LogP contribution is -2.43. The van der Waals surface area contributed by atoms with Crippen molar-refractivity contribution in [2.45, 2.75) is 38.1 Å². The number of hydrogen-bond donors (Lipinski definition) is 4. The monoisotopic (exact) mass is 467 g/mol. The summed E-state index contributed by atoms with van der Waals surface area (Å²) in [5, 5.41) is 15.9. The molecular weight excluding hydrogens is 441 g/mol. The second-order valence-corrected chi connectivity index (χ2v) is 8.83. The number of nitrogens with two attached hydrogens (primary N) is 1. The smallest absolute Gasteiger partial charge is 0.341 e. The van der Waals surface area contributed by atoms with Crippen molar-refractivity contribution in [3.8, 4) is 5.75 Å². The lowest BCUT2D eigenvalue weighted by atomic mass is 9.73. The minimum Gasteiger partial charge on any atom is -0.489 e. The summed E-state index contributed by atoms with van der Waals surface area (Å²) in [6, 6.07) is 5.50. The zero-order chi connectivity index (χ0) is 24.0. The van der Waals surface area contributed by atoms with Gasteiger partial charge in [-0.1, -0.05) is 6.07 Å². The van der Waals surface area contributed by atoms with Crippen molar-refractivity contribution in [1.29, 1.82) is 0 Å². The van der Waals surface area contributed by atoms with E-state index in [0.717, 1.165) is 19.3 Å². The van der Waals surface area contributed by atoms with E-state index in [9.17, 15) is 14.7 Å². The molecule has 1 fully saturated rings. The quantitative estimate of drug-likeness (QED) is 0.321. The maximum absolute atomic E-state index is 15.5. The van der Waals surface area contributed by atoms with Gasteiger partial charge in [-0.15, -0.1) is 0 Å². The summed E-state index contributed by atoms with van der Waals surface area (Å²) in [4.78, 5) is 29.4. The Bertz CT molecular complexity index is 1350. The Morgan fingerprint density at radius 1 is 1.29 bits per heavy atom. The number of aromatic nitrogens is 2. The van der Waals surface area contributed by atoms with Crippen molar-refractivity contribution < 1.29 is 19.0 Å². The Kier molecular flexibility index (Phi) is 5.30. The number of carboxylic acid groups (broad SMARTS) is 1. The minimum atomic E-state index is -1.35. The van der Waals surface area contributed by atoms with Crippen LogP contribution >= 0.6 is 0 Å². The summed E-state index contributed by atoms with van der Waals surface area (Å²) in [6.07, 6.45) is 4.92. The second kappa shape index (κ2) is 8.19. The molecule has 2 aromatic heterocycles. The predicted molar refractivity (Wildman–Crippen MR) is 127 cm³/mol. The first-order valence-electron chi connectivity index (χ1n) is 11.3. The van der Waals surface area contributed by atoms with Crippen LogP contribution in [0.4, 0.5) is 21.6 Å². The highest BCUT2D eigenvalue weighted by atomic mass is 19.1. The SMILES string of the molecule is Cc1c(C(=O)O)c(=O)c2c(N)c(F)c(NCCNc3ccccn3)c3c2n1C1(CCC1)CCO3. The van der Waals surface area contributed by atoms with Crippen LogP contribution in [0.1, 0.15) is 41.7 Å². The van der Waals surface area contributed by atoms with Gasteiger partial charge in [0.25, 0.3) is 0 Å². The van der Waals surface area contributed by atoms with E-state index >= 15 is 4.39 Å². The van der Waals surface area contributed by atoms with E-state index < -0.39 is 17.2 Å². The molecule has 1 aliphatic carbocycles. The molecule has 9 nitrogen and oxygen atoms in total. The van der Waals surface area contributed by atoms with Crippen LogP contribution in [0, 0.1) is 12.7 Å². The van der Waals surface area contributed by atoms with Crippen LogP contribution in [0.15, 0.2) is 29.2 Å². The number of ether oxygens (including phenoxy) is 1. The van der Waals surface area contributed by atoms with E-state index in [-0.39, 0.29) is 33.6 Å². The number of aromatic carboxylic acids is 1. The van der Waals surface area contributed by atoms with E-state index in [0.29, 0.717) is 43.1 Å². The maximum Gasteiger partial charge on any atom is 0.341 e. The first kappa shape index (κ1) is 22.0. The Labute approximate surface area is 194 Å². The average molecular weight is 468 g/mol. The summed E-state index contributed by atoms with van der Waals surface area (Å²) >= 11 is 0. The molecule has 1 saturated carbocycles. The van der Waals surface area contributed by atoms with Gasteiger partial charge in [-0.25, -0.2) is 14.2 Å². The van der Waals surface area contributed by atoms with Gasteiger partial charge in [0.2, 0.25) is 5.43 Å². The standard InChI is InChI=1S/C24H26FN5O4/c1-13-15(23(32)33)21(31)16-18(26)17(25)19(29-11-10-28-14-5-2-3-9-27-14)22-20(16)30(13)24(6-4-7-24)8-12-34-22/h2-3,5,9,29H,4,6-8,10-12,26H2,1H3,(H,27,28)(H,32,33). The average Bonchev–Trinajstić information content (AvgIpc) is 2.96. The zero-order valence-electron chi connectivity index (χ0n) is 18.8. The highest BCUT2D eigenvalue weighted by Gasteiger charge is 2.44. The fraction of sp³-hybridized carbons (Fsp3) is 0.375. The number of rotatable bonds is 6. The predicted octanol–water partition coefficient (Wildman–Crippen LogP) is 3.31. The van der Waals surface area contributed by atoms with Crippen molar-refractivity contribution in [2.75, 3.05) is 36.1 Å². The molecule has 0 saturated heterocycles. The van der Waals surface area contributed by atoms with Crippen molar-refractivity contribution in [2.24, 2.45) is 0 Å². The van der Waals surface area contributed by atoms with Gasteiger partial charge >= 0.3 is 5.97 Å². The van der Waals surface area contributed by atoms with E-state index in [1.165, 1.54) is 0 Å². The molecule has 0 bridgehead atoms. The molecule has 0 radical (unpaired) electrons. The summed E-state index contributed by atoms with van der Waals surface area (Å²) in [5.74, 6) is -1.29. The molecule has 1 spiro atoms. The van der Waals surface area contributed by atoms with Gasteiger partial charge in [-0.3, -0.25) is 4.79 Å². The van der Waals surface area contributed by atoms with Crippen molar-refractivity contribution in [3.63, 3.8) is 0 Å². The number of nitrogens with one attached hydrogen (secondary N) is 2. The van der Waals surface area contributed by atoms with Gasteiger partial charge in [0.1, 0.15) is 17.1 Å². The largest absolute Gasteiger partial charge is 0.489 e. The third-order valence-corrected chi connectivity index (χ3v) is 6.96. The van der Waals surface area contributed by atoms with Crippen molar-refractivity contribution in [3.05, 3.63) is 51.7 Å². The fourth-order valence-electron chi connectivity index (χ4n) is 5.22. The number of fused-ring (bicyclic) bond motifs is 1. The number of benzene rings is 1. The Balaban J connectivity index is 1.65. The van der Waals surface area contributed by atoms with Crippen LogP contribution in [-0.4, -0.2) is 40.3 Å². The maximum atomic E-state index is 15.5. The number of nitrogens with zero attached hydrogens (tertiary/aromatic N) is 2. The Morgan fingerprint density at radius 2 is 2.06 bits per heavy atom. The molecule has 0 amide bonds. The van der Waals surface area contributed by atoms with Crippen molar-refractivity contribution in [1.82, 2.24) is 9.55 Å². The van der Waals surface area contributed by atoms with Crippen molar-refractivity contribution >= 4 is 34.1 Å². The first-order valence-corrected chi connectivity index (χ1v) is 11.3. The lowest BCUT2D eigenvalue weighted by molar-refractivity contribution is 0.0690. The number of halogens is 1. The van der Waals surface area contributed by atoms with Gasteiger partial charge in [0, 0.05) is 36.9 Å². The molecule has 34 heavy (non-hydrogen) atoms. The molecular formula is C24H26FN5O4. The molecule has 3 aromatic rings.